The molecule has 0 saturated heterocycles. The molecule has 1 aliphatic rings. The molecule has 57 heavy (non-hydrogen) atoms. The molecule has 0 radical (unpaired) electrons. The predicted molar refractivity (Wildman–Crippen MR) is 224 cm³/mol. The quantitative estimate of drug-likeness (QED) is 0.0587. The van der Waals surface area contributed by atoms with Gasteiger partial charge in [-0.15, -0.1) is 5.10 Å². The van der Waals surface area contributed by atoms with Gasteiger partial charge in [0.2, 0.25) is 6.41 Å². The normalized spacial score (nSPS) is 14.4. The van der Waals surface area contributed by atoms with Crippen LogP contribution < -0.4 is 36.4 Å². The highest BCUT2D eigenvalue weighted by Crippen LogP contribution is 2.31. The van der Waals surface area contributed by atoms with Crippen LogP contribution in [0.3, 0.4) is 0 Å². The zero-order chi connectivity index (χ0) is 41.7. The number of aromatic nitrogens is 3. The number of imidazole rings is 1. The minimum Gasteiger partial charge on any atom is -0.385 e. The van der Waals surface area contributed by atoms with Gasteiger partial charge < -0.3 is 46.0 Å². The number of hydrogen-bond acceptors (Lipinski definition) is 12. The lowest BCUT2D eigenvalue weighted by molar-refractivity contribution is -0.113. The maximum atomic E-state index is 12.9. The van der Waals surface area contributed by atoms with Crippen LogP contribution in [-0.4, -0.2) is 113 Å². The largest absolute Gasteiger partial charge is 0.385 e. The Balaban J connectivity index is 0.000000859. The molecule has 3 unspecified atom stereocenters. The number of alkyl halides is 1. The molecule has 3 atom stereocenters. The fraction of sp³-hybridized carbons (Fsp3) is 0.439. The number of nitrogens with one attached hydrogen (secondary N) is 5. The maximum Gasteiger partial charge on any atom is 0.251 e. The summed E-state index contributed by atoms with van der Waals surface area (Å²) in [6.45, 7) is 0.554. The van der Waals surface area contributed by atoms with Crippen LogP contribution in [0, 0.1) is 0 Å². The second kappa shape index (κ2) is 24.0. The van der Waals surface area contributed by atoms with E-state index in [0.29, 0.717) is 65.3 Å². The van der Waals surface area contributed by atoms with E-state index in [-0.39, 0.29) is 24.8 Å². The first-order valence-corrected chi connectivity index (χ1v) is 19.1. The highest BCUT2D eigenvalue weighted by Gasteiger charge is 2.35. The van der Waals surface area contributed by atoms with Crippen molar-refractivity contribution in [2.45, 2.75) is 69.6 Å². The molecule has 0 aliphatic heterocycles. The van der Waals surface area contributed by atoms with Crippen LogP contribution in [0.2, 0.25) is 0 Å². The Hall–Kier alpha value is -5.74. The molecule has 15 nitrogen and oxygen atoms in total. The van der Waals surface area contributed by atoms with Crippen molar-refractivity contribution in [2.24, 2.45) is 0 Å². The van der Waals surface area contributed by atoms with E-state index >= 15 is 0 Å². The first kappa shape index (κ1) is 45.6. The van der Waals surface area contributed by atoms with E-state index in [1.54, 1.807) is 38.4 Å². The van der Waals surface area contributed by atoms with E-state index in [9.17, 15) is 28.4 Å². The second-order valence-electron chi connectivity index (χ2n) is 13.7. The molecule has 0 bridgehead atoms. The Kier molecular flexibility index (Phi) is 19.2. The zero-order valence-corrected chi connectivity index (χ0v) is 33.8. The van der Waals surface area contributed by atoms with Crippen molar-refractivity contribution in [3.05, 3.63) is 71.5 Å². The number of nitrogens with zero attached hydrogens (tertiary/aromatic N) is 5. The van der Waals surface area contributed by atoms with Gasteiger partial charge in [-0.25, -0.2) is 13.9 Å². The van der Waals surface area contributed by atoms with Gasteiger partial charge in [0.25, 0.3) is 5.91 Å². The van der Waals surface area contributed by atoms with Gasteiger partial charge in [-0.3, -0.25) is 14.4 Å². The molecule has 2 aromatic heterocycles. The third kappa shape index (κ3) is 13.8. The van der Waals surface area contributed by atoms with E-state index in [2.05, 4.69) is 36.7 Å². The number of fused-ring (bicyclic) bond motifs is 1. The molecule has 1 aliphatic carbocycles. The number of benzene rings is 2. The minimum atomic E-state index is -0.704. The summed E-state index contributed by atoms with van der Waals surface area (Å²) < 4.78 is 13.2. The van der Waals surface area contributed by atoms with Gasteiger partial charge in [0.05, 0.1) is 29.3 Å². The SMILES string of the molecule is CNC.CNC1CC1F.CNc1cc(Nc2cccc(C(=O)NCCCCCCc3ccc(N(C=O)C(C=O)CCC=O)c(N(C)C)c3)c2)nn2c(C=O)cnc12. The van der Waals surface area contributed by atoms with Crippen molar-refractivity contribution in [2.75, 3.05) is 69.3 Å². The summed E-state index contributed by atoms with van der Waals surface area (Å²) in [6.07, 6.45) is 9.50. The van der Waals surface area contributed by atoms with Crippen molar-refractivity contribution in [3.63, 3.8) is 0 Å². The maximum absolute atomic E-state index is 12.9. The van der Waals surface area contributed by atoms with Gasteiger partial charge in [0.15, 0.2) is 17.8 Å². The molecule has 308 valence electrons. The Bertz CT molecular complexity index is 1900. The number of rotatable bonds is 21. The topological polar surface area (TPSA) is 182 Å². The number of halogens is 1. The van der Waals surface area contributed by atoms with Gasteiger partial charge >= 0.3 is 0 Å². The number of unbranched alkanes of at least 4 members (excludes halogenated alkanes) is 3. The molecule has 2 heterocycles. The molecule has 1 saturated carbocycles. The van der Waals surface area contributed by atoms with Crippen molar-refractivity contribution >= 4 is 65.4 Å². The van der Waals surface area contributed by atoms with Crippen molar-refractivity contribution in [1.82, 2.24) is 30.5 Å². The van der Waals surface area contributed by atoms with Crippen LogP contribution in [0.4, 0.5) is 33.0 Å². The van der Waals surface area contributed by atoms with Crippen LogP contribution in [0.5, 0.6) is 0 Å². The van der Waals surface area contributed by atoms with Crippen LogP contribution in [-0.2, 0) is 20.8 Å². The predicted octanol–water partition coefficient (Wildman–Crippen LogP) is 4.59. The summed E-state index contributed by atoms with van der Waals surface area (Å²) in [5.41, 5.74) is 5.32. The van der Waals surface area contributed by atoms with Gasteiger partial charge in [-0.1, -0.05) is 25.0 Å². The van der Waals surface area contributed by atoms with Crippen molar-refractivity contribution < 1.29 is 28.4 Å². The summed E-state index contributed by atoms with van der Waals surface area (Å²) >= 11 is 0. The molecule has 0 spiro atoms. The summed E-state index contributed by atoms with van der Waals surface area (Å²) in [5, 5.41) is 19.3. The molecule has 2 amide bonds. The smallest absolute Gasteiger partial charge is 0.251 e. The number of anilines is 5. The summed E-state index contributed by atoms with van der Waals surface area (Å²) in [5.74, 6) is 0.319. The number of carbonyl (C=O) groups is 5. The standard InChI is InChI=1S/C35H42N8O5.C4H8FN.C2H7N/c1-36-30-20-33(40-43-29(23-46)21-38-34(30)43)39-27-12-8-11-26(19-27)35(48)37-16-7-5-4-6-10-25-14-15-31(32(18-25)41(2)3)42(24-47)28(22-45)13-9-17-44;1-6-4-2-3(4)5;1-3-2/h8,11-12,14-15,17-24,28,36H,4-7,9-10,13,16H2,1-3H3,(H,37,48)(H,39,40);3-4,6H,2H2,1H3;3H,1-2H3. The van der Waals surface area contributed by atoms with Crippen LogP contribution >= 0.6 is 0 Å². The number of hydrogen-bond donors (Lipinski definition) is 5. The van der Waals surface area contributed by atoms with E-state index in [4.69, 9.17) is 0 Å². The van der Waals surface area contributed by atoms with E-state index in [1.807, 2.05) is 57.4 Å². The van der Waals surface area contributed by atoms with Crippen molar-refractivity contribution in [3.8, 4) is 0 Å². The molecule has 16 heteroatoms. The van der Waals surface area contributed by atoms with E-state index < -0.39 is 12.2 Å². The Labute approximate surface area is 334 Å². The lowest BCUT2D eigenvalue weighted by Gasteiger charge is -2.28. The Morgan fingerprint density at radius 1 is 0.982 bits per heavy atom. The van der Waals surface area contributed by atoms with Crippen molar-refractivity contribution in [1.29, 1.82) is 0 Å². The minimum absolute atomic E-state index is 0.167. The first-order valence-electron chi connectivity index (χ1n) is 19.1. The van der Waals surface area contributed by atoms with Gasteiger partial charge in [-0.05, 0) is 89.1 Å². The average molecular weight is 789 g/mol. The number of amides is 2. The summed E-state index contributed by atoms with van der Waals surface area (Å²) in [4.78, 5) is 66.2. The molecule has 1 fully saturated rings. The third-order valence-corrected chi connectivity index (χ3v) is 9.05. The second-order valence-corrected chi connectivity index (χ2v) is 13.7. The first-order chi connectivity index (χ1) is 27.6. The third-order valence-electron chi connectivity index (χ3n) is 9.05. The van der Waals surface area contributed by atoms with Gasteiger partial charge in [0.1, 0.15) is 24.4 Å². The molecule has 4 aromatic rings. The summed E-state index contributed by atoms with van der Waals surface area (Å²) in [6, 6.07) is 14.3. The zero-order valence-electron chi connectivity index (χ0n) is 33.8. The fourth-order valence-electron chi connectivity index (χ4n) is 5.90. The number of carbonyl (C=O) groups excluding carboxylic acids is 5. The molecule has 5 rings (SSSR count). The average Bonchev–Trinajstić information content (AvgIpc) is 3.79. The molecule has 2 aromatic carbocycles. The van der Waals surface area contributed by atoms with Gasteiger partial charge in [0, 0.05) is 57.5 Å². The lowest BCUT2D eigenvalue weighted by Crippen LogP contribution is -2.36. The highest BCUT2D eigenvalue weighted by molar-refractivity contribution is 5.95. The molecule has 5 N–H and O–H groups in total. The van der Waals surface area contributed by atoms with Gasteiger partial charge in [-0.2, -0.15) is 0 Å². The molecular weight excluding hydrogens is 732 g/mol. The number of aryl methyl sites for hydroxylation is 1. The fourth-order valence-corrected chi connectivity index (χ4v) is 5.90. The van der Waals surface area contributed by atoms with Crippen LogP contribution in [0.25, 0.3) is 5.65 Å². The van der Waals surface area contributed by atoms with E-state index in [0.717, 1.165) is 56.1 Å². The number of aldehydes is 3. The summed E-state index contributed by atoms with van der Waals surface area (Å²) in [7, 11) is 11.1. The van der Waals surface area contributed by atoms with Crippen LogP contribution in [0.1, 0.15) is 71.4 Å². The van der Waals surface area contributed by atoms with E-state index in [1.165, 1.54) is 15.6 Å². The molecular formula is C41H57FN10O5. The monoisotopic (exact) mass is 788 g/mol. The van der Waals surface area contributed by atoms with Crippen LogP contribution in [0.15, 0.2) is 54.7 Å². The Morgan fingerprint density at radius 2 is 1.72 bits per heavy atom. The highest BCUT2D eigenvalue weighted by atomic mass is 19.1. The Morgan fingerprint density at radius 3 is 2.32 bits per heavy atom. The lowest BCUT2D eigenvalue weighted by atomic mass is 10.0.